The maximum atomic E-state index is 12.1. The highest BCUT2D eigenvalue weighted by molar-refractivity contribution is 5.78. The smallest absolute Gasteiger partial charge is 0.260 e. The van der Waals surface area contributed by atoms with Gasteiger partial charge in [-0.3, -0.25) is 4.79 Å². The predicted octanol–water partition coefficient (Wildman–Crippen LogP) is 1.70. The van der Waals surface area contributed by atoms with Gasteiger partial charge in [-0.05, 0) is 26.0 Å². The summed E-state index contributed by atoms with van der Waals surface area (Å²) in [4.78, 5) is 13.9. The van der Waals surface area contributed by atoms with Crippen molar-refractivity contribution >= 4 is 5.91 Å². The number of carbonyl (C=O) groups excluding carboxylic acids is 1. The lowest BCUT2D eigenvalue weighted by atomic mass is 10.1. The molecule has 18 heavy (non-hydrogen) atoms. The fourth-order valence-corrected chi connectivity index (χ4v) is 2.03. The summed E-state index contributed by atoms with van der Waals surface area (Å²) in [6.45, 7) is 5.32. The first-order chi connectivity index (χ1) is 8.68. The van der Waals surface area contributed by atoms with Crippen LogP contribution in [0.1, 0.15) is 13.8 Å². The molecule has 98 valence electrons. The largest absolute Gasteiger partial charge is 0.484 e. The number of hydrogen-bond acceptors (Lipinski definition) is 3. The number of ether oxygens (including phenoxy) is 2. The molecular weight excluding hydrogens is 230 g/mol. The second-order valence-corrected chi connectivity index (χ2v) is 4.51. The van der Waals surface area contributed by atoms with Gasteiger partial charge in [0, 0.05) is 6.54 Å². The van der Waals surface area contributed by atoms with Gasteiger partial charge in [0.15, 0.2) is 6.61 Å². The maximum absolute atomic E-state index is 12.1. The molecule has 2 rings (SSSR count). The van der Waals surface area contributed by atoms with Crippen LogP contribution in [0, 0.1) is 0 Å². The van der Waals surface area contributed by atoms with E-state index < -0.39 is 0 Å². The molecule has 4 nitrogen and oxygen atoms in total. The van der Waals surface area contributed by atoms with Crippen LogP contribution in [0.15, 0.2) is 30.3 Å². The number of para-hydroxylation sites is 1. The highest BCUT2D eigenvalue weighted by Gasteiger charge is 2.29. The quantitative estimate of drug-likeness (QED) is 0.818. The third kappa shape index (κ3) is 3.01. The van der Waals surface area contributed by atoms with E-state index in [2.05, 4.69) is 0 Å². The van der Waals surface area contributed by atoms with E-state index >= 15 is 0 Å². The van der Waals surface area contributed by atoms with E-state index in [1.54, 1.807) is 0 Å². The van der Waals surface area contributed by atoms with Crippen molar-refractivity contribution in [2.45, 2.75) is 26.0 Å². The van der Waals surface area contributed by atoms with Crippen molar-refractivity contribution in [1.29, 1.82) is 0 Å². The van der Waals surface area contributed by atoms with Crippen LogP contribution in [0.4, 0.5) is 0 Å². The monoisotopic (exact) mass is 249 g/mol. The van der Waals surface area contributed by atoms with Gasteiger partial charge in [0.05, 0.1) is 18.8 Å². The van der Waals surface area contributed by atoms with Gasteiger partial charge in [0.25, 0.3) is 5.91 Å². The molecule has 1 fully saturated rings. The molecule has 0 saturated carbocycles. The summed E-state index contributed by atoms with van der Waals surface area (Å²) in [7, 11) is 0. The molecule has 1 aliphatic rings. The van der Waals surface area contributed by atoms with Gasteiger partial charge >= 0.3 is 0 Å². The van der Waals surface area contributed by atoms with Crippen molar-refractivity contribution in [3.05, 3.63) is 30.3 Å². The van der Waals surface area contributed by atoms with Gasteiger partial charge < -0.3 is 14.4 Å². The standard InChI is InChI=1S/C14H19NO3/c1-11-12(2)17-9-8-15(11)14(16)10-18-13-6-4-3-5-7-13/h3-7,11-12H,8-10H2,1-2H3. The van der Waals surface area contributed by atoms with Crippen molar-refractivity contribution in [3.63, 3.8) is 0 Å². The fourth-order valence-electron chi connectivity index (χ4n) is 2.03. The molecule has 1 heterocycles. The third-order valence-corrected chi connectivity index (χ3v) is 3.31. The van der Waals surface area contributed by atoms with Crippen molar-refractivity contribution in [1.82, 2.24) is 4.90 Å². The first-order valence-electron chi connectivity index (χ1n) is 6.27. The summed E-state index contributed by atoms with van der Waals surface area (Å²) >= 11 is 0. The summed E-state index contributed by atoms with van der Waals surface area (Å²) in [5, 5.41) is 0. The van der Waals surface area contributed by atoms with Crippen LogP contribution in [0.2, 0.25) is 0 Å². The average Bonchev–Trinajstić information content (AvgIpc) is 2.40. The van der Waals surface area contributed by atoms with Crippen LogP contribution >= 0.6 is 0 Å². The molecule has 1 aromatic rings. The Kier molecular flexibility index (Phi) is 4.20. The fraction of sp³-hybridized carbons (Fsp3) is 0.500. The second kappa shape index (κ2) is 5.87. The predicted molar refractivity (Wildman–Crippen MR) is 68.5 cm³/mol. The lowest BCUT2D eigenvalue weighted by molar-refractivity contribution is -0.146. The van der Waals surface area contributed by atoms with E-state index in [0.717, 1.165) is 5.75 Å². The van der Waals surface area contributed by atoms with Gasteiger partial charge in [-0.2, -0.15) is 0 Å². The third-order valence-electron chi connectivity index (χ3n) is 3.31. The zero-order chi connectivity index (χ0) is 13.0. The minimum Gasteiger partial charge on any atom is -0.484 e. The van der Waals surface area contributed by atoms with Crippen LogP contribution in [0.25, 0.3) is 0 Å². The zero-order valence-electron chi connectivity index (χ0n) is 10.8. The van der Waals surface area contributed by atoms with Crippen molar-refractivity contribution in [2.75, 3.05) is 19.8 Å². The molecule has 0 N–H and O–H groups in total. The van der Waals surface area contributed by atoms with Gasteiger partial charge in [-0.15, -0.1) is 0 Å². The normalized spacial score (nSPS) is 23.8. The highest BCUT2D eigenvalue weighted by Crippen LogP contribution is 2.14. The number of rotatable bonds is 3. The Morgan fingerprint density at radius 2 is 2.11 bits per heavy atom. The zero-order valence-corrected chi connectivity index (χ0v) is 10.8. The van der Waals surface area contributed by atoms with Gasteiger partial charge in [-0.25, -0.2) is 0 Å². The number of amides is 1. The molecule has 0 bridgehead atoms. The molecule has 0 aromatic heterocycles. The van der Waals surface area contributed by atoms with E-state index in [-0.39, 0.29) is 24.7 Å². The Labute approximate surface area is 107 Å². The molecule has 0 aliphatic carbocycles. The molecule has 1 saturated heterocycles. The van der Waals surface area contributed by atoms with Crippen LogP contribution < -0.4 is 4.74 Å². The Morgan fingerprint density at radius 3 is 2.83 bits per heavy atom. The summed E-state index contributed by atoms with van der Waals surface area (Å²) in [6, 6.07) is 9.49. The molecule has 0 radical (unpaired) electrons. The van der Waals surface area contributed by atoms with Crippen LogP contribution in [0.5, 0.6) is 5.75 Å². The topological polar surface area (TPSA) is 38.8 Å². The first-order valence-corrected chi connectivity index (χ1v) is 6.27. The van der Waals surface area contributed by atoms with Crippen molar-refractivity contribution in [3.8, 4) is 5.75 Å². The van der Waals surface area contributed by atoms with E-state index in [1.807, 2.05) is 49.1 Å². The Morgan fingerprint density at radius 1 is 1.39 bits per heavy atom. The van der Waals surface area contributed by atoms with E-state index in [4.69, 9.17) is 9.47 Å². The molecule has 4 heteroatoms. The second-order valence-electron chi connectivity index (χ2n) is 4.51. The molecule has 2 unspecified atom stereocenters. The number of nitrogens with zero attached hydrogens (tertiary/aromatic N) is 1. The van der Waals surface area contributed by atoms with Crippen LogP contribution in [-0.4, -0.2) is 42.7 Å². The van der Waals surface area contributed by atoms with Gasteiger partial charge in [0.1, 0.15) is 5.75 Å². The molecule has 2 atom stereocenters. The summed E-state index contributed by atoms with van der Waals surface area (Å²) in [6.07, 6.45) is 0.0828. The Balaban J connectivity index is 1.88. The average molecular weight is 249 g/mol. The van der Waals surface area contributed by atoms with Crippen LogP contribution in [-0.2, 0) is 9.53 Å². The number of carbonyl (C=O) groups is 1. The van der Waals surface area contributed by atoms with Gasteiger partial charge in [0.2, 0.25) is 0 Å². The molecule has 1 amide bonds. The molecule has 1 aliphatic heterocycles. The van der Waals surface area contributed by atoms with Crippen LogP contribution in [0.3, 0.4) is 0 Å². The number of benzene rings is 1. The van der Waals surface area contributed by atoms with Crippen molar-refractivity contribution in [2.24, 2.45) is 0 Å². The number of morpholine rings is 1. The molecular formula is C14H19NO3. The molecule has 0 spiro atoms. The summed E-state index contributed by atoms with van der Waals surface area (Å²) < 4.78 is 11.0. The molecule has 1 aromatic carbocycles. The Bertz CT molecular complexity index is 393. The van der Waals surface area contributed by atoms with Crippen molar-refractivity contribution < 1.29 is 14.3 Å². The SMILES string of the molecule is CC1OCCN(C(=O)COc2ccccc2)C1C. The van der Waals surface area contributed by atoms with Gasteiger partial charge in [-0.1, -0.05) is 18.2 Å². The lowest BCUT2D eigenvalue weighted by Crippen LogP contribution is -2.52. The highest BCUT2D eigenvalue weighted by atomic mass is 16.5. The minimum atomic E-state index is 0.0153. The minimum absolute atomic E-state index is 0.0153. The van der Waals surface area contributed by atoms with E-state index in [0.29, 0.717) is 13.2 Å². The Hall–Kier alpha value is -1.55. The van der Waals surface area contributed by atoms with E-state index in [9.17, 15) is 4.79 Å². The van der Waals surface area contributed by atoms with E-state index in [1.165, 1.54) is 0 Å². The maximum Gasteiger partial charge on any atom is 0.260 e. The first kappa shape index (κ1) is 12.9. The summed E-state index contributed by atoms with van der Waals surface area (Å²) in [5.41, 5.74) is 0. The number of hydrogen-bond donors (Lipinski definition) is 0. The summed E-state index contributed by atoms with van der Waals surface area (Å²) in [5.74, 6) is 0.737. The lowest BCUT2D eigenvalue weighted by Gasteiger charge is -2.37.